The zero-order chi connectivity index (χ0) is 55.0. The van der Waals surface area contributed by atoms with E-state index in [-0.39, 0.29) is 31.1 Å². The van der Waals surface area contributed by atoms with E-state index in [1.165, 1.54) is 257 Å². The van der Waals surface area contributed by atoms with Crippen LogP contribution in [-0.2, 0) is 28.6 Å². The third-order valence-corrected chi connectivity index (χ3v) is 15.7. The second kappa shape index (κ2) is 65.4. The van der Waals surface area contributed by atoms with Gasteiger partial charge in [-0.15, -0.1) is 0 Å². The first-order valence-corrected chi connectivity index (χ1v) is 34.3. The molecule has 1 atom stereocenters. The van der Waals surface area contributed by atoms with Crippen LogP contribution in [0.1, 0.15) is 387 Å². The van der Waals surface area contributed by atoms with Gasteiger partial charge < -0.3 is 14.2 Å². The van der Waals surface area contributed by atoms with Crippen LogP contribution in [0.15, 0.2) is 24.3 Å². The van der Waals surface area contributed by atoms with E-state index in [1.54, 1.807) is 0 Å². The number of rotatable bonds is 64. The SMILES string of the molecule is CCC/C=C\C/C=C\CCCCCCCC(=O)OC(COC(=O)CCCCCCCCCCCCCC)COC(=O)CCCCCCCCCCCCCCCCCCCCCCCCCCCCCCCCCCC. The van der Waals surface area contributed by atoms with E-state index < -0.39 is 6.10 Å². The summed E-state index contributed by atoms with van der Waals surface area (Å²) in [7, 11) is 0. The van der Waals surface area contributed by atoms with Gasteiger partial charge in [0.1, 0.15) is 13.2 Å². The molecule has 6 heteroatoms. The summed E-state index contributed by atoms with van der Waals surface area (Å²) in [5.41, 5.74) is 0. The highest BCUT2D eigenvalue weighted by Crippen LogP contribution is 2.19. The topological polar surface area (TPSA) is 78.9 Å². The molecule has 0 aliphatic heterocycles. The van der Waals surface area contributed by atoms with Crippen LogP contribution >= 0.6 is 0 Å². The molecule has 0 rings (SSSR count). The molecule has 0 saturated carbocycles. The Morgan fingerprint density at radius 1 is 0.263 bits per heavy atom. The molecule has 0 amide bonds. The highest BCUT2D eigenvalue weighted by molar-refractivity contribution is 5.71. The molecule has 6 nitrogen and oxygen atoms in total. The zero-order valence-corrected chi connectivity index (χ0v) is 51.6. The van der Waals surface area contributed by atoms with Crippen molar-refractivity contribution in [3.63, 3.8) is 0 Å². The molecule has 0 aliphatic rings. The van der Waals surface area contributed by atoms with Crippen LogP contribution < -0.4 is 0 Å². The number of ether oxygens (including phenoxy) is 3. The lowest BCUT2D eigenvalue weighted by molar-refractivity contribution is -0.167. The number of hydrogen-bond acceptors (Lipinski definition) is 6. The van der Waals surface area contributed by atoms with Crippen LogP contribution in [0.4, 0.5) is 0 Å². The van der Waals surface area contributed by atoms with Gasteiger partial charge in [0.25, 0.3) is 0 Å². The Balaban J connectivity index is 4.01. The average molecular weight is 1070 g/mol. The van der Waals surface area contributed by atoms with Crippen molar-refractivity contribution < 1.29 is 28.6 Å². The summed E-state index contributed by atoms with van der Waals surface area (Å²) in [6.07, 6.45) is 79.5. The summed E-state index contributed by atoms with van der Waals surface area (Å²) in [5, 5.41) is 0. The van der Waals surface area contributed by atoms with Gasteiger partial charge in [0.2, 0.25) is 0 Å². The highest BCUT2D eigenvalue weighted by Gasteiger charge is 2.19. The highest BCUT2D eigenvalue weighted by atomic mass is 16.6. The Kier molecular flexibility index (Phi) is 63.6. The van der Waals surface area contributed by atoms with Gasteiger partial charge in [-0.05, 0) is 44.9 Å². The number of unbranched alkanes of at least 4 members (excludes halogenated alkanes) is 49. The van der Waals surface area contributed by atoms with Gasteiger partial charge in [-0.3, -0.25) is 14.4 Å². The van der Waals surface area contributed by atoms with Crippen LogP contribution in [0, 0.1) is 0 Å². The molecule has 0 aliphatic carbocycles. The van der Waals surface area contributed by atoms with Gasteiger partial charge in [-0.1, -0.05) is 347 Å². The molecule has 0 fully saturated rings. The van der Waals surface area contributed by atoms with E-state index in [2.05, 4.69) is 45.1 Å². The largest absolute Gasteiger partial charge is 0.462 e. The third kappa shape index (κ3) is 62.7. The second-order valence-corrected chi connectivity index (χ2v) is 23.5. The predicted molar refractivity (Wildman–Crippen MR) is 330 cm³/mol. The molecule has 0 bridgehead atoms. The molecule has 0 N–H and O–H groups in total. The van der Waals surface area contributed by atoms with Crippen molar-refractivity contribution in [2.24, 2.45) is 0 Å². The molecular weight excluding hydrogens is 937 g/mol. The monoisotopic (exact) mass is 1070 g/mol. The van der Waals surface area contributed by atoms with Gasteiger partial charge in [0, 0.05) is 19.3 Å². The Morgan fingerprint density at radius 2 is 0.500 bits per heavy atom. The summed E-state index contributed by atoms with van der Waals surface area (Å²) in [4.78, 5) is 38.2. The fourth-order valence-corrected chi connectivity index (χ4v) is 10.5. The number of hydrogen-bond donors (Lipinski definition) is 0. The smallest absolute Gasteiger partial charge is 0.306 e. The lowest BCUT2D eigenvalue weighted by Crippen LogP contribution is -2.30. The fraction of sp³-hybridized carbons (Fsp3) is 0.900. The summed E-state index contributed by atoms with van der Waals surface area (Å²) in [6.45, 7) is 6.62. The van der Waals surface area contributed by atoms with Gasteiger partial charge in [0.15, 0.2) is 6.10 Å². The van der Waals surface area contributed by atoms with E-state index in [0.717, 1.165) is 89.9 Å². The molecule has 0 saturated heterocycles. The predicted octanol–water partition coefficient (Wildman–Crippen LogP) is 23.4. The lowest BCUT2D eigenvalue weighted by atomic mass is 10.0. The van der Waals surface area contributed by atoms with E-state index in [1.807, 2.05) is 0 Å². The van der Waals surface area contributed by atoms with Crippen LogP contribution in [-0.4, -0.2) is 37.2 Å². The van der Waals surface area contributed by atoms with Gasteiger partial charge in [-0.2, -0.15) is 0 Å². The van der Waals surface area contributed by atoms with Crippen molar-refractivity contribution >= 4 is 17.9 Å². The van der Waals surface area contributed by atoms with Crippen molar-refractivity contribution in [1.82, 2.24) is 0 Å². The number of esters is 3. The lowest BCUT2D eigenvalue weighted by Gasteiger charge is -2.18. The fourth-order valence-electron chi connectivity index (χ4n) is 10.5. The van der Waals surface area contributed by atoms with Crippen LogP contribution in [0.25, 0.3) is 0 Å². The molecule has 1 unspecified atom stereocenters. The standard InChI is InChI=1S/C70H132O6/c1-4-7-10-13-16-19-22-25-26-27-28-29-30-31-32-33-34-35-36-37-38-39-40-41-42-43-44-46-48-51-54-57-60-63-69(72)75-66-67(65-74-68(71)62-59-56-53-50-47-24-21-18-15-12-9-6-3)76-70(73)64-61-58-55-52-49-45-23-20-17-14-11-8-5-2/h11,14,20,23,67H,4-10,12-13,15-19,21-22,24-66H2,1-3H3/b14-11-,23-20-. The number of carbonyl (C=O) groups excluding carboxylic acids is 3. The molecule has 448 valence electrons. The van der Waals surface area contributed by atoms with Crippen molar-refractivity contribution in [2.75, 3.05) is 13.2 Å². The van der Waals surface area contributed by atoms with E-state index in [0.29, 0.717) is 19.3 Å². The Morgan fingerprint density at radius 3 is 0.776 bits per heavy atom. The molecular formula is C70H132O6. The number of carbonyl (C=O) groups is 3. The summed E-state index contributed by atoms with van der Waals surface area (Å²) >= 11 is 0. The number of allylic oxidation sites excluding steroid dienone is 4. The van der Waals surface area contributed by atoms with Crippen molar-refractivity contribution in [1.29, 1.82) is 0 Å². The first kappa shape index (κ1) is 73.9. The van der Waals surface area contributed by atoms with Crippen LogP contribution in [0.3, 0.4) is 0 Å². The van der Waals surface area contributed by atoms with Crippen molar-refractivity contribution in [3.05, 3.63) is 24.3 Å². The molecule has 0 aromatic carbocycles. The minimum Gasteiger partial charge on any atom is -0.462 e. The Hall–Kier alpha value is -2.11. The van der Waals surface area contributed by atoms with Gasteiger partial charge >= 0.3 is 17.9 Å². The summed E-state index contributed by atoms with van der Waals surface area (Å²) in [6, 6.07) is 0. The summed E-state index contributed by atoms with van der Waals surface area (Å²) in [5.74, 6) is -0.861. The maximum atomic E-state index is 12.8. The van der Waals surface area contributed by atoms with E-state index in [9.17, 15) is 14.4 Å². The van der Waals surface area contributed by atoms with Crippen LogP contribution in [0.5, 0.6) is 0 Å². The summed E-state index contributed by atoms with van der Waals surface area (Å²) < 4.78 is 16.9. The molecule has 0 aromatic rings. The van der Waals surface area contributed by atoms with Gasteiger partial charge in [0.05, 0.1) is 0 Å². The first-order valence-electron chi connectivity index (χ1n) is 34.3. The Bertz CT molecular complexity index is 1230. The van der Waals surface area contributed by atoms with E-state index in [4.69, 9.17) is 14.2 Å². The van der Waals surface area contributed by atoms with Crippen molar-refractivity contribution in [3.8, 4) is 0 Å². The maximum absolute atomic E-state index is 12.8. The van der Waals surface area contributed by atoms with Crippen LogP contribution in [0.2, 0.25) is 0 Å². The third-order valence-electron chi connectivity index (χ3n) is 15.7. The average Bonchev–Trinajstić information content (AvgIpc) is 3.42. The molecule has 76 heavy (non-hydrogen) atoms. The second-order valence-electron chi connectivity index (χ2n) is 23.5. The van der Waals surface area contributed by atoms with E-state index >= 15 is 0 Å². The molecule has 0 aromatic heterocycles. The molecule has 0 spiro atoms. The zero-order valence-electron chi connectivity index (χ0n) is 51.6. The van der Waals surface area contributed by atoms with Gasteiger partial charge in [-0.25, -0.2) is 0 Å². The molecule has 0 heterocycles. The quantitative estimate of drug-likeness (QED) is 0.0261. The Labute approximate surface area is 474 Å². The van der Waals surface area contributed by atoms with Crippen molar-refractivity contribution in [2.45, 2.75) is 393 Å². The normalized spacial score (nSPS) is 12.1. The minimum absolute atomic E-state index is 0.0714. The molecule has 0 radical (unpaired) electrons. The first-order chi connectivity index (χ1) is 37.5. The maximum Gasteiger partial charge on any atom is 0.306 e. The minimum atomic E-state index is -0.774.